The standard InChI is InChI=1S/C13H11FN2O5/c14-10-11(17)15-13(19)16(12(10)18)7-2-3-8-9(6-7)21-5-1-4-20-8/h2-3,6,18H,1,4-5H2,(H,15,17,19). The van der Waals surface area contributed by atoms with Crippen LogP contribution in [0, 0.1) is 5.82 Å². The molecule has 8 heteroatoms. The highest BCUT2D eigenvalue weighted by Crippen LogP contribution is 2.32. The second-order valence-corrected chi connectivity index (χ2v) is 4.41. The minimum atomic E-state index is -1.43. The van der Waals surface area contributed by atoms with Crippen molar-refractivity contribution < 1.29 is 19.0 Å². The Hall–Kier alpha value is -2.77. The number of halogens is 1. The van der Waals surface area contributed by atoms with Gasteiger partial charge in [-0.15, -0.1) is 0 Å². The van der Waals surface area contributed by atoms with Gasteiger partial charge in [0.2, 0.25) is 11.7 Å². The summed E-state index contributed by atoms with van der Waals surface area (Å²) in [5, 5.41) is 9.67. The van der Waals surface area contributed by atoms with Crippen LogP contribution in [0.3, 0.4) is 0 Å². The molecule has 2 heterocycles. The average molecular weight is 294 g/mol. The third-order valence-electron chi connectivity index (χ3n) is 3.02. The van der Waals surface area contributed by atoms with E-state index < -0.39 is 22.9 Å². The molecule has 110 valence electrons. The second kappa shape index (κ2) is 4.97. The molecule has 1 aliphatic heterocycles. The molecule has 3 rings (SSSR count). The van der Waals surface area contributed by atoms with Crippen LogP contribution in [-0.2, 0) is 0 Å². The number of nitrogens with one attached hydrogen (secondary N) is 1. The number of ether oxygens (including phenoxy) is 2. The Morgan fingerprint density at radius 3 is 2.67 bits per heavy atom. The van der Waals surface area contributed by atoms with Crippen LogP contribution in [0.5, 0.6) is 17.4 Å². The molecule has 1 aromatic carbocycles. The Labute approximate surface area is 117 Å². The molecule has 2 aromatic rings. The molecule has 1 aliphatic rings. The van der Waals surface area contributed by atoms with Gasteiger partial charge in [-0.2, -0.15) is 4.39 Å². The molecular weight excluding hydrogens is 283 g/mol. The number of nitrogens with zero attached hydrogens (tertiary/aromatic N) is 1. The van der Waals surface area contributed by atoms with Gasteiger partial charge in [0.25, 0.3) is 5.56 Å². The summed E-state index contributed by atoms with van der Waals surface area (Å²) in [5.74, 6) is -1.61. The second-order valence-electron chi connectivity index (χ2n) is 4.41. The predicted molar refractivity (Wildman–Crippen MR) is 69.9 cm³/mol. The summed E-state index contributed by atoms with van der Waals surface area (Å²) in [6.07, 6.45) is 0.711. The average Bonchev–Trinajstić information content (AvgIpc) is 2.69. The van der Waals surface area contributed by atoms with E-state index in [0.29, 0.717) is 35.7 Å². The highest BCUT2D eigenvalue weighted by atomic mass is 19.1. The molecule has 0 amide bonds. The Morgan fingerprint density at radius 2 is 1.90 bits per heavy atom. The molecule has 0 aliphatic carbocycles. The quantitative estimate of drug-likeness (QED) is 0.800. The highest BCUT2D eigenvalue weighted by Gasteiger charge is 2.17. The van der Waals surface area contributed by atoms with Crippen molar-refractivity contribution in [2.24, 2.45) is 0 Å². The van der Waals surface area contributed by atoms with Crippen LogP contribution in [0.4, 0.5) is 4.39 Å². The number of rotatable bonds is 1. The largest absolute Gasteiger partial charge is 0.492 e. The van der Waals surface area contributed by atoms with Gasteiger partial charge in [0.1, 0.15) is 0 Å². The van der Waals surface area contributed by atoms with Crippen molar-refractivity contribution in [1.82, 2.24) is 9.55 Å². The van der Waals surface area contributed by atoms with E-state index in [4.69, 9.17) is 9.47 Å². The summed E-state index contributed by atoms with van der Waals surface area (Å²) in [7, 11) is 0. The van der Waals surface area contributed by atoms with Crippen LogP contribution in [-0.4, -0.2) is 27.9 Å². The minimum absolute atomic E-state index is 0.150. The number of H-pyrrole nitrogens is 1. The summed E-state index contributed by atoms with van der Waals surface area (Å²) in [6, 6.07) is 4.43. The van der Waals surface area contributed by atoms with Gasteiger partial charge in [0.05, 0.1) is 18.9 Å². The monoisotopic (exact) mass is 294 g/mol. The molecule has 7 nitrogen and oxygen atoms in total. The van der Waals surface area contributed by atoms with E-state index in [-0.39, 0.29) is 5.69 Å². The highest BCUT2D eigenvalue weighted by molar-refractivity contribution is 5.50. The Morgan fingerprint density at radius 1 is 1.19 bits per heavy atom. The van der Waals surface area contributed by atoms with Gasteiger partial charge >= 0.3 is 5.69 Å². The summed E-state index contributed by atoms with van der Waals surface area (Å²) >= 11 is 0. The maximum Gasteiger partial charge on any atom is 0.335 e. The summed E-state index contributed by atoms with van der Waals surface area (Å²) in [4.78, 5) is 24.6. The van der Waals surface area contributed by atoms with Gasteiger partial charge in [0.15, 0.2) is 11.5 Å². The Balaban J connectivity index is 2.18. The van der Waals surface area contributed by atoms with E-state index in [2.05, 4.69) is 0 Å². The number of benzene rings is 1. The number of aromatic nitrogens is 2. The number of fused-ring (bicyclic) bond motifs is 1. The van der Waals surface area contributed by atoms with E-state index in [1.165, 1.54) is 12.1 Å². The third kappa shape index (κ3) is 2.24. The van der Waals surface area contributed by atoms with Crippen LogP contribution in [0.25, 0.3) is 5.69 Å². The molecule has 0 bridgehead atoms. The normalized spacial score (nSPS) is 13.8. The number of aromatic hydroxyl groups is 1. The fourth-order valence-corrected chi connectivity index (χ4v) is 2.03. The van der Waals surface area contributed by atoms with Crippen molar-refractivity contribution >= 4 is 0 Å². The number of hydrogen-bond donors (Lipinski definition) is 2. The van der Waals surface area contributed by atoms with Crippen LogP contribution in [0.2, 0.25) is 0 Å². The fraction of sp³-hybridized carbons (Fsp3) is 0.231. The first-order chi connectivity index (χ1) is 10.1. The van der Waals surface area contributed by atoms with Crippen molar-refractivity contribution in [3.63, 3.8) is 0 Å². The van der Waals surface area contributed by atoms with E-state index in [0.717, 1.165) is 0 Å². The molecule has 0 spiro atoms. The first-order valence-electron chi connectivity index (χ1n) is 6.22. The Bertz CT molecular complexity index is 811. The van der Waals surface area contributed by atoms with Gasteiger partial charge in [-0.05, 0) is 12.1 Å². The van der Waals surface area contributed by atoms with Crippen molar-refractivity contribution in [2.45, 2.75) is 6.42 Å². The topological polar surface area (TPSA) is 93.6 Å². The number of hydrogen-bond acceptors (Lipinski definition) is 5. The molecule has 0 radical (unpaired) electrons. The SMILES string of the molecule is O=c1[nH]c(=O)n(-c2ccc3c(c2)OCCCO3)c(O)c1F. The molecule has 0 fully saturated rings. The van der Waals surface area contributed by atoms with Crippen LogP contribution >= 0.6 is 0 Å². The lowest BCUT2D eigenvalue weighted by molar-refractivity contribution is 0.297. The summed E-state index contributed by atoms with van der Waals surface area (Å²) < 4.78 is 25.0. The van der Waals surface area contributed by atoms with Crippen molar-refractivity contribution in [3.05, 3.63) is 44.9 Å². The molecule has 0 saturated heterocycles. The maximum atomic E-state index is 13.5. The lowest BCUT2D eigenvalue weighted by Gasteiger charge is -2.11. The zero-order valence-electron chi connectivity index (χ0n) is 10.8. The smallest absolute Gasteiger partial charge is 0.335 e. The minimum Gasteiger partial charge on any atom is -0.492 e. The summed E-state index contributed by atoms with van der Waals surface area (Å²) in [6.45, 7) is 0.947. The Kier molecular flexibility index (Phi) is 3.13. The van der Waals surface area contributed by atoms with Gasteiger partial charge in [-0.3, -0.25) is 9.78 Å². The first kappa shape index (κ1) is 13.2. The lowest BCUT2D eigenvalue weighted by Crippen LogP contribution is -2.30. The fourth-order valence-electron chi connectivity index (χ4n) is 2.03. The zero-order chi connectivity index (χ0) is 15.0. The summed E-state index contributed by atoms with van der Waals surface area (Å²) in [5.41, 5.74) is -2.08. The molecule has 21 heavy (non-hydrogen) atoms. The van der Waals surface area contributed by atoms with Crippen LogP contribution < -0.4 is 20.7 Å². The molecular formula is C13H11FN2O5. The molecule has 1 aromatic heterocycles. The third-order valence-corrected chi connectivity index (χ3v) is 3.02. The van der Waals surface area contributed by atoms with Crippen LogP contribution in [0.1, 0.15) is 6.42 Å². The van der Waals surface area contributed by atoms with Gasteiger partial charge in [0, 0.05) is 12.5 Å². The van der Waals surface area contributed by atoms with E-state index in [1.54, 1.807) is 11.1 Å². The van der Waals surface area contributed by atoms with E-state index in [9.17, 15) is 19.1 Å². The van der Waals surface area contributed by atoms with Gasteiger partial charge in [-0.1, -0.05) is 0 Å². The lowest BCUT2D eigenvalue weighted by atomic mass is 10.2. The molecule has 0 atom stereocenters. The van der Waals surface area contributed by atoms with Crippen LogP contribution in [0.15, 0.2) is 27.8 Å². The van der Waals surface area contributed by atoms with E-state index >= 15 is 0 Å². The van der Waals surface area contributed by atoms with Gasteiger partial charge < -0.3 is 14.6 Å². The van der Waals surface area contributed by atoms with Gasteiger partial charge in [-0.25, -0.2) is 9.36 Å². The number of aromatic amines is 1. The zero-order valence-corrected chi connectivity index (χ0v) is 10.8. The van der Waals surface area contributed by atoms with Crippen molar-refractivity contribution in [3.8, 4) is 23.1 Å². The molecule has 0 saturated carbocycles. The van der Waals surface area contributed by atoms with E-state index in [1.807, 2.05) is 0 Å². The predicted octanol–water partition coefficient (Wildman–Crippen LogP) is 0.532. The van der Waals surface area contributed by atoms with Crippen molar-refractivity contribution in [2.75, 3.05) is 13.2 Å². The molecule has 2 N–H and O–H groups in total. The first-order valence-corrected chi connectivity index (χ1v) is 6.22. The maximum absolute atomic E-state index is 13.5. The molecule has 0 unspecified atom stereocenters. The van der Waals surface area contributed by atoms with Crippen molar-refractivity contribution in [1.29, 1.82) is 0 Å².